The summed E-state index contributed by atoms with van der Waals surface area (Å²) in [5, 5.41) is 2.17. The first-order valence-corrected chi connectivity index (χ1v) is 11.4. The molecule has 170 valence electrons. The maximum Gasteiger partial charge on any atom is 0.159 e. The van der Waals surface area contributed by atoms with Crippen molar-refractivity contribution < 1.29 is 4.42 Å². The summed E-state index contributed by atoms with van der Waals surface area (Å²) in [4.78, 5) is 2.13. The van der Waals surface area contributed by atoms with Crippen molar-refractivity contribution in [3.63, 3.8) is 0 Å². The Balaban J connectivity index is 0.00000158. The third-order valence-electron chi connectivity index (χ3n) is 5.36. The van der Waals surface area contributed by atoms with E-state index in [1.54, 1.807) is 12.2 Å². The highest BCUT2D eigenvalue weighted by atomic mass is 16.3. The van der Waals surface area contributed by atoms with Crippen LogP contribution in [0.3, 0.4) is 0 Å². The van der Waals surface area contributed by atoms with E-state index in [4.69, 9.17) is 4.42 Å². The molecule has 0 N–H and O–H groups in total. The van der Waals surface area contributed by atoms with Gasteiger partial charge in [0, 0.05) is 22.2 Å². The molecule has 2 nitrogen and oxygen atoms in total. The van der Waals surface area contributed by atoms with E-state index in [0.29, 0.717) is 0 Å². The topological polar surface area (TPSA) is 16.4 Å². The monoisotopic (exact) mass is 445 g/mol. The normalized spacial score (nSPS) is 11.5. The van der Waals surface area contributed by atoms with Gasteiger partial charge in [-0.05, 0) is 47.6 Å². The highest BCUT2D eigenvalue weighted by Gasteiger charge is 2.19. The van der Waals surface area contributed by atoms with Crippen LogP contribution in [0, 0.1) is 0 Å². The van der Waals surface area contributed by atoms with Crippen LogP contribution in [0.15, 0.2) is 140 Å². The van der Waals surface area contributed by atoms with Crippen LogP contribution in [0.5, 0.6) is 0 Å². The number of fused-ring (bicyclic) bond motifs is 3. The lowest BCUT2D eigenvalue weighted by molar-refractivity contribution is 0.669. The molecule has 0 saturated heterocycles. The molecule has 3 aromatic carbocycles. The van der Waals surface area contributed by atoms with E-state index in [1.807, 2.05) is 56.4 Å². The lowest BCUT2D eigenvalue weighted by atomic mass is 10.0. The number of benzene rings is 3. The number of anilines is 2. The van der Waals surface area contributed by atoms with Crippen molar-refractivity contribution in [3.8, 4) is 0 Å². The molecule has 2 heteroatoms. The van der Waals surface area contributed by atoms with E-state index < -0.39 is 0 Å². The van der Waals surface area contributed by atoms with Gasteiger partial charge in [0.15, 0.2) is 5.58 Å². The summed E-state index contributed by atoms with van der Waals surface area (Å²) >= 11 is 0. The van der Waals surface area contributed by atoms with Crippen LogP contribution in [-0.4, -0.2) is 0 Å². The minimum absolute atomic E-state index is 0.827. The molecule has 0 bridgehead atoms. The molecular formula is C32H31NO. The van der Waals surface area contributed by atoms with E-state index in [9.17, 15) is 0 Å². The largest absolute Gasteiger partial charge is 0.454 e. The molecule has 0 aliphatic rings. The second kappa shape index (κ2) is 11.5. The first kappa shape index (κ1) is 24.3. The van der Waals surface area contributed by atoms with Crippen LogP contribution in [0.1, 0.15) is 19.4 Å². The summed E-state index contributed by atoms with van der Waals surface area (Å²) in [6.07, 6.45) is 11.1. The number of allylic oxidation sites excluding steroid dienone is 7. The third kappa shape index (κ3) is 4.72. The van der Waals surface area contributed by atoms with Gasteiger partial charge in [0.1, 0.15) is 5.58 Å². The van der Waals surface area contributed by atoms with Crippen LogP contribution < -0.4 is 4.90 Å². The van der Waals surface area contributed by atoms with E-state index >= 15 is 0 Å². The molecule has 1 heterocycles. The van der Waals surface area contributed by atoms with E-state index in [2.05, 4.69) is 79.7 Å². The predicted octanol–water partition coefficient (Wildman–Crippen LogP) is 9.76. The quantitative estimate of drug-likeness (QED) is 0.251. The summed E-state index contributed by atoms with van der Waals surface area (Å²) in [7, 11) is 0. The summed E-state index contributed by atoms with van der Waals surface area (Å²) < 4.78 is 6.31. The smallest absolute Gasteiger partial charge is 0.159 e. The fraction of sp³-hybridized carbons (Fsp3) is 0.0625. The van der Waals surface area contributed by atoms with Crippen molar-refractivity contribution in [2.45, 2.75) is 13.8 Å². The van der Waals surface area contributed by atoms with Gasteiger partial charge in [-0.1, -0.05) is 107 Å². The molecule has 0 spiro atoms. The molecular weight excluding hydrogens is 414 g/mol. The number of rotatable bonds is 8. The van der Waals surface area contributed by atoms with Crippen molar-refractivity contribution in [1.82, 2.24) is 0 Å². The molecule has 0 radical (unpaired) electrons. The number of hydrogen-bond acceptors (Lipinski definition) is 2. The highest BCUT2D eigenvalue weighted by molar-refractivity contribution is 6.09. The standard InChI is InChI=1S/C30H25NO.C2H6/c1-5-12-22(7-3)23-18-20-25(21-19-23)31(24(8-4)13-6-2)28-16-11-15-27-26-14-9-10-17-29(26)32-30(27)28;1-2/h5-21H,1-4H2;1-2H3/b22-12+,24-13+;. The van der Waals surface area contributed by atoms with Gasteiger partial charge < -0.3 is 9.32 Å². The fourth-order valence-electron chi connectivity index (χ4n) is 3.90. The van der Waals surface area contributed by atoms with Crippen molar-refractivity contribution in [2.24, 2.45) is 0 Å². The van der Waals surface area contributed by atoms with Crippen LogP contribution in [0.25, 0.3) is 27.5 Å². The average molecular weight is 446 g/mol. The zero-order chi connectivity index (χ0) is 24.5. The molecule has 0 aliphatic heterocycles. The molecule has 1 aromatic heterocycles. The zero-order valence-corrected chi connectivity index (χ0v) is 20.0. The fourth-order valence-corrected chi connectivity index (χ4v) is 3.90. The van der Waals surface area contributed by atoms with E-state index in [1.165, 1.54) is 0 Å². The van der Waals surface area contributed by atoms with Gasteiger partial charge in [-0.25, -0.2) is 0 Å². The lowest BCUT2D eigenvalue weighted by Gasteiger charge is -2.26. The third-order valence-corrected chi connectivity index (χ3v) is 5.36. The van der Waals surface area contributed by atoms with Gasteiger partial charge in [-0.2, -0.15) is 0 Å². The summed E-state index contributed by atoms with van der Waals surface area (Å²) in [5.41, 5.74) is 6.59. The number of furan rings is 1. The SMILES string of the molecule is C=C/C=C(\C=C)c1ccc(N(/C(C=C)=C/C=C)c2cccc3c2oc2ccccc23)cc1.CC. The Bertz CT molecular complexity index is 1380. The Morgan fingerprint density at radius 2 is 1.41 bits per heavy atom. The molecule has 0 unspecified atom stereocenters. The van der Waals surface area contributed by atoms with E-state index in [-0.39, 0.29) is 0 Å². The van der Waals surface area contributed by atoms with Crippen molar-refractivity contribution in [1.29, 1.82) is 0 Å². The lowest BCUT2D eigenvalue weighted by Crippen LogP contribution is -2.15. The molecule has 4 rings (SSSR count). The van der Waals surface area contributed by atoms with Gasteiger partial charge in [0.2, 0.25) is 0 Å². The summed E-state index contributed by atoms with van der Waals surface area (Å²) in [6, 6.07) is 22.6. The van der Waals surface area contributed by atoms with Crippen LogP contribution in [0.4, 0.5) is 11.4 Å². The molecule has 0 aliphatic carbocycles. The number of nitrogens with zero attached hydrogens (tertiary/aromatic N) is 1. The maximum absolute atomic E-state index is 6.31. The Hall–Kier alpha value is -4.30. The van der Waals surface area contributed by atoms with Crippen molar-refractivity contribution in [3.05, 3.63) is 141 Å². The van der Waals surface area contributed by atoms with Gasteiger partial charge in [-0.15, -0.1) is 0 Å². The van der Waals surface area contributed by atoms with Gasteiger partial charge in [0.25, 0.3) is 0 Å². The second-order valence-electron chi connectivity index (χ2n) is 7.23. The minimum atomic E-state index is 0.827. The first-order valence-electron chi connectivity index (χ1n) is 11.4. The van der Waals surface area contributed by atoms with Gasteiger partial charge >= 0.3 is 0 Å². The Morgan fingerprint density at radius 1 is 0.735 bits per heavy atom. The van der Waals surface area contributed by atoms with Gasteiger partial charge in [-0.3, -0.25) is 0 Å². The van der Waals surface area contributed by atoms with Gasteiger partial charge in [0.05, 0.1) is 5.69 Å². The zero-order valence-electron chi connectivity index (χ0n) is 20.0. The summed E-state index contributed by atoms with van der Waals surface area (Å²) in [6.45, 7) is 19.6. The minimum Gasteiger partial charge on any atom is -0.454 e. The van der Waals surface area contributed by atoms with E-state index in [0.717, 1.165) is 50.1 Å². The summed E-state index contributed by atoms with van der Waals surface area (Å²) in [5.74, 6) is 0. The number of hydrogen-bond donors (Lipinski definition) is 0. The van der Waals surface area contributed by atoms with Crippen LogP contribution >= 0.6 is 0 Å². The predicted molar refractivity (Wildman–Crippen MR) is 150 cm³/mol. The van der Waals surface area contributed by atoms with Crippen molar-refractivity contribution >= 4 is 38.9 Å². The molecule has 0 fully saturated rings. The Labute approximate surface area is 202 Å². The maximum atomic E-state index is 6.31. The second-order valence-corrected chi connectivity index (χ2v) is 7.23. The average Bonchev–Trinajstić information content (AvgIpc) is 3.28. The molecule has 4 aromatic rings. The molecule has 0 atom stereocenters. The van der Waals surface area contributed by atoms with Crippen molar-refractivity contribution in [2.75, 3.05) is 4.90 Å². The molecule has 34 heavy (non-hydrogen) atoms. The Morgan fingerprint density at radius 3 is 2.06 bits per heavy atom. The van der Waals surface area contributed by atoms with Crippen LogP contribution in [-0.2, 0) is 0 Å². The Kier molecular flexibility index (Phi) is 8.26. The van der Waals surface area contributed by atoms with Crippen LogP contribution in [0.2, 0.25) is 0 Å². The molecule has 0 amide bonds. The number of para-hydroxylation sites is 2. The highest BCUT2D eigenvalue weighted by Crippen LogP contribution is 2.40. The molecule has 0 saturated carbocycles. The first-order chi connectivity index (χ1) is 16.7.